The van der Waals surface area contributed by atoms with E-state index >= 15 is 0 Å². The summed E-state index contributed by atoms with van der Waals surface area (Å²) >= 11 is 0. The van der Waals surface area contributed by atoms with Crippen LogP contribution in [0.1, 0.15) is 59.8 Å². The maximum Gasteiger partial charge on any atom is 0.306 e. The summed E-state index contributed by atoms with van der Waals surface area (Å²) in [5.41, 5.74) is 4.64. The minimum absolute atomic E-state index is 0.0893. The van der Waals surface area contributed by atoms with Gasteiger partial charge >= 0.3 is 5.97 Å². The van der Waals surface area contributed by atoms with E-state index in [0.717, 1.165) is 22.3 Å². The molecule has 3 amide bonds. The van der Waals surface area contributed by atoms with E-state index in [1.807, 2.05) is 24.3 Å². The van der Waals surface area contributed by atoms with Crippen LogP contribution in [-0.2, 0) is 23.9 Å². The highest BCUT2D eigenvalue weighted by atomic mass is 16.6. The van der Waals surface area contributed by atoms with Crippen LogP contribution in [0.25, 0.3) is 0 Å². The summed E-state index contributed by atoms with van der Waals surface area (Å²) in [6.45, 7) is -0.203. The third-order valence-corrected chi connectivity index (χ3v) is 8.51. The summed E-state index contributed by atoms with van der Waals surface area (Å²) < 4.78 is 5.02. The Morgan fingerprint density at radius 3 is 1.93 bits per heavy atom. The van der Waals surface area contributed by atoms with Crippen molar-refractivity contribution in [3.63, 3.8) is 0 Å². The van der Waals surface area contributed by atoms with Gasteiger partial charge in [0.1, 0.15) is 0 Å². The van der Waals surface area contributed by atoms with Gasteiger partial charge in [0, 0.05) is 42.6 Å². The van der Waals surface area contributed by atoms with Crippen molar-refractivity contribution < 1.29 is 28.8 Å². The minimum Gasteiger partial charge on any atom is -0.456 e. The van der Waals surface area contributed by atoms with Gasteiger partial charge in [0.15, 0.2) is 6.61 Å². The van der Waals surface area contributed by atoms with Crippen LogP contribution in [0.5, 0.6) is 0 Å². The van der Waals surface area contributed by atoms with Crippen LogP contribution in [0.2, 0.25) is 0 Å². The van der Waals surface area contributed by atoms with E-state index in [1.54, 1.807) is 0 Å². The standard InChI is InChI=1S/C32H29N3O7/c36-25(33-19-9-8-10-20(17-19)35(40)41)18-42-26(37)15-2-1-7-16-34-31(38)29-27-21-11-3-4-12-22(21)28(30(29)32(34)39)24-14-6-5-13-23(24)27/h3-6,8-14,17,27-30H,1-2,7,15-16,18H2,(H,33,36)/t27?,28?,29-,30-/m1/s1. The zero-order valence-electron chi connectivity index (χ0n) is 22.7. The van der Waals surface area contributed by atoms with Gasteiger partial charge in [-0.05, 0) is 41.2 Å². The molecule has 3 aromatic carbocycles. The molecule has 214 valence electrons. The number of nitro groups is 1. The zero-order valence-corrected chi connectivity index (χ0v) is 22.7. The number of carbonyl (C=O) groups is 4. The largest absolute Gasteiger partial charge is 0.456 e. The third-order valence-electron chi connectivity index (χ3n) is 8.51. The second-order valence-corrected chi connectivity index (χ2v) is 10.9. The van der Waals surface area contributed by atoms with Gasteiger partial charge in [0.05, 0.1) is 16.8 Å². The summed E-state index contributed by atoms with van der Waals surface area (Å²) in [7, 11) is 0. The van der Waals surface area contributed by atoms with Crippen LogP contribution in [0.3, 0.4) is 0 Å². The lowest BCUT2D eigenvalue weighted by Gasteiger charge is -2.45. The Hall–Kier alpha value is -4.86. The molecule has 1 aliphatic heterocycles. The average molecular weight is 568 g/mol. The van der Waals surface area contributed by atoms with E-state index in [4.69, 9.17) is 4.74 Å². The molecule has 4 aliphatic rings. The number of imide groups is 1. The van der Waals surface area contributed by atoms with Crippen molar-refractivity contribution in [1.82, 2.24) is 4.90 Å². The van der Waals surface area contributed by atoms with Crippen LogP contribution >= 0.6 is 0 Å². The summed E-state index contributed by atoms with van der Waals surface area (Å²) in [5.74, 6) is -2.41. The lowest BCUT2D eigenvalue weighted by Crippen LogP contribution is -2.41. The van der Waals surface area contributed by atoms with E-state index in [1.165, 1.54) is 29.2 Å². The van der Waals surface area contributed by atoms with E-state index < -0.39 is 35.2 Å². The number of nitro benzene ring substituents is 1. The molecule has 3 aromatic rings. The number of nitrogens with zero attached hydrogens (tertiary/aromatic N) is 2. The molecule has 1 fully saturated rings. The van der Waals surface area contributed by atoms with Gasteiger partial charge in [-0.15, -0.1) is 0 Å². The number of amides is 3. The Labute approximate surface area is 241 Å². The highest BCUT2D eigenvalue weighted by molar-refractivity contribution is 6.07. The maximum atomic E-state index is 13.6. The molecule has 1 heterocycles. The number of nitrogens with one attached hydrogen (secondary N) is 1. The first-order valence-electron chi connectivity index (χ1n) is 14.1. The molecule has 0 aromatic heterocycles. The number of non-ortho nitro benzene ring substituents is 1. The van der Waals surface area contributed by atoms with Crippen molar-refractivity contribution in [2.75, 3.05) is 18.5 Å². The van der Waals surface area contributed by atoms with Crippen LogP contribution in [0.15, 0.2) is 72.8 Å². The number of esters is 1. The fraction of sp³-hybridized carbons (Fsp3) is 0.312. The van der Waals surface area contributed by atoms with Gasteiger partial charge in [-0.3, -0.25) is 34.2 Å². The molecular formula is C32H29N3O7. The molecule has 7 rings (SSSR count). The van der Waals surface area contributed by atoms with E-state index in [0.29, 0.717) is 25.8 Å². The van der Waals surface area contributed by atoms with Crippen molar-refractivity contribution >= 4 is 35.1 Å². The Bertz CT molecular complexity index is 1490. The highest BCUT2D eigenvalue weighted by Crippen LogP contribution is 2.60. The fourth-order valence-electron chi connectivity index (χ4n) is 6.79. The number of hydrogen-bond acceptors (Lipinski definition) is 7. The Balaban J connectivity index is 0.985. The second kappa shape index (κ2) is 11.2. The number of unbranched alkanes of at least 4 members (excludes halogenated alkanes) is 2. The quantitative estimate of drug-likeness (QED) is 0.125. The van der Waals surface area contributed by atoms with Crippen molar-refractivity contribution in [2.45, 2.75) is 37.5 Å². The molecule has 3 aliphatic carbocycles. The van der Waals surface area contributed by atoms with Crippen molar-refractivity contribution in [1.29, 1.82) is 0 Å². The number of likely N-dealkylation sites (tertiary alicyclic amines) is 1. The molecule has 42 heavy (non-hydrogen) atoms. The summed E-state index contributed by atoms with van der Waals surface area (Å²) in [5, 5.41) is 13.3. The van der Waals surface area contributed by atoms with E-state index in [9.17, 15) is 29.3 Å². The summed E-state index contributed by atoms with van der Waals surface area (Å²) in [6.07, 6.45) is 1.74. The van der Waals surface area contributed by atoms with Gasteiger partial charge in [-0.25, -0.2) is 0 Å². The predicted molar refractivity (Wildman–Crippen MR) is 151 cm³/mol. The number of hydrogen-bond donors (Lipinski definition) is 1. The van der Waals surface area contributed by atoms with Gasteiger partial charge < -0.3 is 10.1 Å². The first-order valence-corrected chi connectivity index (χ1v) is 14.1. The van der Waals surface area contributed by atoms with Gasteiger partial charge in [-0.1, -0.05) is 61.0 Å². The van der Waals surface area contributed by atoms with Crippen molar-refractivity contribution in [3.05, 3.63) is 105 Å². The summed E-state index contributed by atoms with van der Waals surface area (Å²) in [6, 6.07) is 21.7. The molecule has 10 nitrogen and oxygen atoms in total. The van der Waals surface area contributed by atoms with Crippen molar-refractivity contribution in [3.8, 4) is 0 Å². The Kier molecular flexibility index (Phi) is 7.28. The molecule has 0 radical (unpaired) electrons. The van der Waals surface area contributed by atoms with Crippen LogP contribution in [0, 0.1) is 22.0 Å². The van der Waals surface area contributed by atoms with Crippen molar-refractivity contribution in [2.24, 2.45) is 11.8 Å². The average Bonchev–Trinajstić information content (AvgIpc) is 3.25. The molecule has 10 heteroatoms. The molecule has 1 saturated heterocycles. The second-order valence-electron chi connectivity index (χ2n) is 10.9. The van der Waals surface area contributed by atoms with Gasteiger partial charge in [0.25, 0.3) is 11.6 Å². The highest BCUT2D eigenvalue weighted by Gasteiger charge is 2.61. The first-order chi connectivity index (χ1) is 20.3. The molecule has 2 bridgehead atoms. The lowest BCUT2D eigenvalue weighted by molar-refractivity contribution is -0.384. The van der Waals surface area contributed by atoms with Crippen LogP contribution in [0.4, 0.5) is 11.4 Å². The van der Waals surface area contributed by atoms with Gasteiger partial charge in [-0.2, -0.15) is 0 Å². The number of carbonyl (C=O) groups excluding carboxylic acids is 4. The van der Waals surface area contributed by atoms with Gasteiger partial charge in [0.2, 0.25) is 11.8 Å². The molecule has 0 spiro atoms. The monoisotopic (exact) mass is 567 g/mol. The first kappa shape index (κ1) is 27.3. The number of anilines is 1. The molecule has 0 saturated carbocycles. The normalized spacial score (nSPS) is 21.4. The number of benzene rings is 3. The minimum atomic E-state index is -0.602. The predicted octanol–water partition coefficient (Wildman–Crippen LogP) is 4.53. The molecule has 0 unspecified atom stereocenters. The topological polar surface area (TPSA) is 136 Å². The molecular weight excluding hydrogens is 538 g/mol. The summed E-state index contributed by atoms with van der Waals surface area (Å²) in [4.78, 5) is 63.1. The SMILES string of the molecule is O=C(COC(=O)CCCCCN1C(=O)[C@@H]2C3c4ccccc4C(c4ccccc43)[C@H]2C1=O)Nc1cccc([N+](=O)[O-])c1. The third kappa shape index (κ3) is 4.82. The van der Waals surface area contributed by atoms with E-state index in [-0.39, 0.29) is 41.4 Å². The number of ether oxygens (including phenoxy) is 1. The number of rotatable bonds is 10. The van der Waals surface area contributed by atoms with Crippen LogP contribution in [-0.4, -0.2) is 46.7 Å². The Morgan fingerprint density at radius 2 is 1.38 bits per heavy atom. The maximum absolute atomic E-state index is 13.6. The Morgan fingerprint density at radius 1 is 0.810 bits per heavy atom. The lowest BCUT2D eigenvalue weighted by atomic mass is 9.55. The molecule has 2 atom stereocenters. The van der Waals surface area contributed by atoms with Crippen LogP contribution < -0.4 is 5.32 Å². The zero-order chi connectivity index (χ0) is 29.4. The fourth-order valence-corrected chi connectivity index (χ4v) is 6.79. The molecule has 1 N–H and O–H groups in total. The smallest absolute Gasteiger partial charge is 0.306 e. The van der Waals surface area contributed by atoms with E-state index in [2.05, 4.69) is 29.6 Å².